The molecule has 2 aromatic carbocycles. The highest BCUT2D eigenvalue weighted by molar-refractivity contribution is 7.98. The van der Waals surface area contributed by atoms with Crippen LogP contribution in [-0.2, 0) is 20.6 Å². The first kappa shape index (κ1) is 20.4. The Labute approximate surface area is 158 Å². The van der Waals surface area contributed by atoms with Gasteiger partial charge in [0.1, 0.15) is 0 Å². The molecule has 1 amide bonds. The van der Waals surface area contributed by atoms with E-state index in [-0.39, 0.29) is 10.8 Å². The molecule has 0 atom stereocenters. The molecule has 0 saturated heterocycles. The molecule has 2 rings (SSSR count). The molecule has 0 aliphatic rings. The van der Waals surface area contributed by atoms with Crippen molar-refractivity contribution in [2.75, 3.05) is 26.5 Å². The van der Waals surface area contributed by atoms with E-state index in [1.165, 1.54) is 37.9 Å². The predicted molar refractivity (Wildman–Crippen MR) is 103 cm³/mol. The van der Waals surface area contributed by atoms with E-state index in [1.54, 1.807) is 17.8 Å². The van der Waals surface area contributed by atoms with Gasteiger partial charge in [0, 0.05) is 30.7 Å². The van der Waals surface area contributed by atoms with Crippen LogP contribution in [0.15, 0.2) is 59.5 Å². The van der Waals surface area contributed by atoms with Crippen molar-refractivity contribution in [3.63, 3.8) is 0 Å². The third-order valence-electron chi connectivity index (χ3n) is 3.63. The number of nitrogens with one attached hydrogen (secondary N) is 1. The van der Waals surface area contributed by atoms with Crippen LogP contribution in [0.2, 0.25) is 0 Å². The van der Waals surface area contributed by atoms with Gasteiger partial charge >= 0.3 is 0 Å². The molecular formula is C18H22N2O4S2. The van der Waals surface area contributed by atoms with Crippen LogP contribution in [0.3, 0.4) is 0 Å². The number of hydrogen-bond acceptors (Lipinski definition) is 5. The van der Waals surface area contributed by atoms with Crippen molar-refractivity contribution in [3.05, 3.63) is 65.7 Å². The summed E-state index contributed by atoms with van der Waals surface area (Å²) in [7, 11) is -1.22. The van der Waals surface area contributed by atoms with E-state index in [9.17, 15) is 13.2 Å². The Morgan fingerprint density at radius 1 is 1.15 bits per heavy atom. The molecule has 0 aliphatic carbocycles. The van der Waals surface area contributed by atoms with E-state index in [4.69, 9.17) is 4.84 Å². The fourth-order valence-corrected chi connectivity index (χ4v) is 3.99. The van der Waals surface area contributed by atoms with E-state index in [1.807, 2.05) is 18.2 Å². The maximum absolute atomic E-state index is 12.2. The van der Waals surface area contributed by atoms with Gasteiger partial charge in [-0.15, -0.1) is 0 Å². The van der Waals surface area contributed by atoms with Gasteiger partial charge in [-0.2, -0.15) is 11.8 Å². The molecule has 6 nitrogen and oxygen atoms in total. The number of benzene rings is 2. The molecule has 0 unspecified atom stereocenters. The molecule has 1 N–H and O–H groups in total. The first-order valence-electron chi connectivity index (χ1n) is 7.98. The van der Waals surface area contributed by atoms with Crippen molar-refractivity contribution in [2.45, 2.75) is 10.6 Å². The molecule has 140 valence electrons. The summed E-state index contributed by atoms with van der Waals surface area (Å²) in [6.45, 7) is 0.505. The third kappa shape index (κ3) is 5.57. The Kier molecular flexibility index (Phi) is 7.65. The minimum Gasteiger partial charge on any atom is -0.351 e. The Morgan fingerprint density at radius 3 is 2.58 bits per heavy atom. The fraction of sp³-hybridized carbons (Fsp3) is 0.278. The SMILES string of the molecule is CON(C)S(=O)(=O)c1cccc(C(=O)NCCSCc2ccccc2)c1. The summed E-state index contributed by atoms with van der Waals surface area (Å²) < 4.78 is 25.2. The van der Waals surface area contributed by atoms with Gasteiger partial charge in [0.15, 0.2) is 0 Å². The second-order valence-electron chi connectivity index (χ2n) is 5.42. The second kappa shape index (κ2) is 9.72. The Morgan fingerprint density at radius 2 is 1.88 bits per heavy atom. The number of carbonyl (C=O) groups excluding carboxylic acids is 1. The van der Waals surface area contributed by atoms with Crippen molar-refractivity contribution >= 4 is 27.7 Å². The molecule has 0 radical (unpaired) electrons. The van der Waals surface area contributed by atoms with Crippen LogP contribution in [0.5, 0.6) is 0 Å². The minimum atomic E-state index is -3.78. The monoisotopic (exact) mass is 394 g/mol. The molecule has 0 aliphatic heterocycles. The lowest BCUT2D eigenvalue weighted by Crippen LogP contribution is -2.28. The van der Waals surface area contributed by atoms with Gasteiger partial charge in [0.2, 0.25) is 0 Å². The van der Waals surface area contributed by atoms with E-state index in [0.717, 1.165) is 16.0 Å². The summed E-state index contributed by atoms with van der Waals surface area (Å²) in [6.07, 6.45) is 0. The van der Waals surface area contributed by atoms with Crippen LogP contribution < -0.4 is 5.32 Å². The van der Waals surface area contributed by atoms with Gasteiger partial charge in [-0.1, -0.05) is 40.9 Å². The molecule has 0 fully saturated rings. The molecule has 0 aromatic heterocycles. The molecule has 2 aromatic rings. The molecular weight excluding hydrogens is 372 g/mol. The Bertz CT molecular complexity index is 826. The second-order valence-corrected chi connectivity index (χ2v) is 8.46. The van der Waals surface area contributed by atoms with Gasteiger partial charge in [-0.3, -0.25) is 9.63 Å². The molecule has 0 heterocycles. The van der Waals surface area contributed by atoms with Crippen LogP contribution in [0, 0.1) is 0 Å². The van der Waals surface area contributed by atoms with Crippen molar-refractivity contribution < 1.29 is 18.0 Å². The number of nitrogens with zero attached hydrogens (tertiary/aromatic N) is 1. The standard InChI is InChI=1S/C18H22N2O4S2/c1-20(24-2)26(22,23)17-10-6-9-16(13-17)18(21)19-11-12-25-14-15-7-4-3-5-8-15/h3-10,13H,11-12,14H2,1-2H3,(H,19,21). The third-order valence-corrected chi connectivity index (χ3v) is 6.34. The number of hydroxylamine groups is 1. The summed E-state index contributed by atoms with van der Waals surface area (Å²) in [5.41, 5.74) is 1.53. The lowest BCUT2D eigenvalue weighted by atomic mass is 10.2. The zero-order valence-electron chi connectivity index (χ0n) is 14.7. The highest BCUT2D eigenvalue weighted by Crippen LogP contribution is 2.16. The van der Waals surface area contributed by atoms with Gasteiger partial charge in [0.05, 0.1) is 12.0 Å². The number of sulfonamides is 1. The van der Waals surface area contributed by atoms with Crippen LogP contribution >= 0.6 is 11.8 Å². The quantitative estimate of drug-likeness (QED) is 0.522. The molecule has 0 spiro atoms. The number of carbonyl (C=O) groups is 1. The van der Waals surface area contributed by atoms with Crippen molar-refractivity contribution in [1.82, 2.24) is 9.79 Å². The largest absolute Gasteiger partial charge is 0.351 e. The predicted octanol–water partition coefficient (Wildman–Crippen LogP) is 2.53. The first-order valence-corrected chi connectivity index (χ1v) is 10.6. The van der Waals surface area contributed by atoms with Gasteiger partial charge in [0.25, 0.3) is 15.9 Å². The summed E-state index contributed by atoms with van der Waals surface area (Å²) in [4.78, 5) is 17.0. The average Bonchev–Trinajstić information content (AvgIpc) is 2.67. The highest BCUT2D eigenvalue weighted by atomic mass is 32.2. The Balaban J connectivity index is 1.87. The zero-order chi connectivity index (χ0) is 19.0. The molecule has 0 bridgehead atoms. The van der Waals surface area contributed by atoms with E-state index in [0.29, 0.717) is 12.1 Å². The lowest BCUT2D eigenvalue weighted by molar-refractivity contribution is -0.0258. The van der Waals surface area contributed by atoms with Crippen LogP contribution in [0.25, 0.3) is 0 Å². The summed E-state index contributed by atoms with van der Waals surface area (Å²) in [5, 5.41) is 2.81. The summed E-state index contributed by atoms with van der Waals surface area (Å²) in [6, 6.07) is 16.0. The van der Waals surface area contributed by atoms with Gasteiger partial charge in [-0.25, -0.2) is 8.42 Å². The number of thioether (sulfide) groups is 1. The van der Waals surface area contributed by atoms with E-state index >= 15 is 0 Å². The van der Waals surface area contributed by atoms with Crippen molar-refractivity contribution in [1.29, 1.82) is 0 Å². The molecule has 0 saturated carbocycles. The Hall–Kier alpha value is -1.87. The van der Waals surface area contributed by atoms with Crippen LogP contribution in [0.4, 0.5) is 0 Å². The average molecular weight is 395 g/mol. The number of amides is 1. The van der Waals surface area contributed by atoms with Gasteiger partial charge in [-0.05, 0) is 23.8 Å². The fourth-order valence-electron chi connectivity index (χ4n) is 2.15. The lowest BCUT2D eigenvalue weighted by Gasteiger charge is -2.14. The maximum Gasteiger partial charge on any atom is 0.264 e. The van der Waals surface area contributed by atoms with Crippen LogP contribution in [-0.4, -0.2) is 45.2 Å². The molecule has 26 heavy (non-hydrogen) atoms. The van der Waals surface area contributed by atoms with Crippen molar-refractivity contribution in [3.8, 4) is 0 Å². The first-order chi connectivity index (χ1) is 12.4. The topological polar surface area (TPSA) is 75.7 Å². The highest BCUT2D eigenvalue weighted by Gasteiger charge is 2.21. The normalized spacial score (nSPS) is 11.5. The van der Waals surface area contributed by atoms with E-state index < -0.39 is 10.0 Å². The smallest absolute Gasteiger partial charge is 0.264 e. The zero-order valence-corrected chi connectivity index (χ0v) is 16.3. The van der Waals surface area contributed by atoms with Crippen molar-refractivity contribution in [2.24, 2.45) is 0 Å². The minimum absolute atomic E-state index is 0.00736. The maximum atomic E-state index is 12.2. The summed E-state index contributed by atoms with van der Waals surface area (Å²) >= 11 is 1.72. The summed E-state index contributed by atoms with van der Waals surface area (Å²) in [5.74, 6) is 1.35. The van der Waals surface area contributed by atoms with Crippen LogP contribution in [0.1, 0.15) is 15.9 Å². The number of hydrogen-bond donors (Lipinski definition) is 1. The number of rotatable bonds is 9. The molecule has 8 heteroatoms. The van der Waals surface area contributed by atoms with E-state index in [2.05, 4.69) is 17.4 Å². The van der Waals surface area contributed by atoms with Gasteiger partial charge < -0.3 is 5.32 Å².